The van der Waals surface area contributed by atoms with Crippen molar-refractivity contribution in [3.05, 3.63) is 70.8 Å². The van der Waals surface area contributed by atoms with Crippen molar-refractivity contribution in [2.75, 3.05) is 0 Å². The number of amides is 1. The second kappa shape index (κ2) is 8.44. The molecule has 1 amide bonds. The molecule has 0 fully saturated rings. The summed E-state index contributed by atoms with van der Waals surface area (Å²) < 4.78 is 0. The molecule has 2 rings (SSSR count). The maximum absolute atomic E-state index is 12.3. The summed E-state index contributed by atoms with van der Waals surface area (Å²) in [6, 6.07) is 14.1. The van der Waals surface area contributed by atoms with E-state index in [-0.39, 0.29) is 12.3 Å². The van der Waals surface area contributed by atoms with Gasteiger partial charge >= 0.3 is 5.97 Å². The molecule has 2 aromatic carbocycles. The fourth-order valence-electron chi connectivity index (χ4n) is 2.46. The molecule has 132 valence electrons. The fraction of sp³-hybridized carbons (Fsp3) is 0.300. The molecule has 1 unspecified atom stereocenters. The van der Waals surface area contributed by atoms with E-state index in [2.05, 4.69) is 19.2 Å². The second-order valence-electron chi connectivity index (χ2n) is 6.43. The lowest BCUT2D eigenvalue weighted by Gasteiger charge is -2.10. The Bertz CT molecular complexity index is 739. The van der Waals surface area contributed by atoms with Crippen LogP contribution in [0, 0.1) is 0 Å². The van der Waals surface area contributed by atoms with Crippen molar-refractivity contribution in [1.82, 2.24) is 5.32 Å². The molecule has 1 atom stereocenters. The molecule has 0 heterocycles. The Morgan fingerprint density at radius 1 is 1.08 bits per heavy atom. The van der Waals surface area contributed by atoms with Gasteiger partial charge in [0, 0.05) is 12.1 Å². The van der Waals surface area contributed by atoms with E-state index in [4.69, 9.17) is 10.8 Å². The van der Waals surface area contributed by atoms with E-state index in [1.807, 2.05) is 42.5 Å². The Labute approximate surface area is 147 Å². The smallest absolute Gasteiger partial charge is 0.320 e. The summed E-state index contributed by atoms with van der Waals surface area (Å²) in [5, 5.41) is 11.7. The number of carboxylic acids is 1. The van der Waals surface area contributed by atoms with Crippen LogP contribution in [0.1, 0.15) is 46.8 Å². The summed E-state index contributed by atoms with van der Waals surface area (Å²) in [6.45, 7) is 4.60. The van der Waals surface area contributed by atoms with E-state index >= 15 is 0 Å². The highest BCUT2D eigenvalue weighted by Gasteiger charge is 2.12. The predicted molar refractivity (Wildman–Crippen MR) is 97.5 cm³/mol. The zero-order chi connectivity index (χ0) is 18.4. The van der Waals surface area contributed by atoms with Gasteiger partial charge in [-0.15, -0.1) is 0 Å². The van der Waals surface area contributed by atoms with Crippen LogP contribution >= 0.6 is 0 Å². The number of carboxylic acid groups (broad SMARTS) is 1. The highest BCUT2D eigenvalue weighted by molar-refractivity contribution is 5.94. The monoisotopic (exact) mass is 340 g/mol. The highest BCUT2D eigenvalue weighted by Crippen LogP contribution is 2.15. The van der Waals surface area contributed by atoms with Crippen LogP contribution in [0.4, 0.5) is 0 Å². The first kappa shape index (κ1) is 18.7. The van der Waals surface area contributed by atoms with Crippen molar-refractivity contribution in [3.63, 3.8) is 0 Å². The van der Waals surface area contributed by atoms with Crippen LogP contribution < -0.4 is 11.1 Å². The number of hydrogen-bond donors (Lipinski definition) is 3. The van der Waals surface area contributed by atoms with Crippen LogP contribution in [0.5, 0.6) is 0 Å². The molecular formula is C20H24N2O3. The minimum atomic E-state index is -1.01. The van der Waals surface area contributed by atoms with Gasteiger partial charge < -0.3 is 16.2 Å². The number of benzene rings is 2. The number of nitrogens with one attached hydrogen (secondary N) is 1. The van der Waals surface area contributed by atoms with E-state index in [0.29, 0.717) is 18.0 Å². The van der Waals surface area contributed by atoms with E-state index in [0.717, 1.165) is 16.7 Å². The number of aliphatic carboxylic acids is 1. The summed E-state index contributed by atoms with van der Waals surface area (Å²) in [5.74, 6) is -0.753. The zero-order valence-corrected chi connectivity index (χ0v) is 14.5. The summed E-state index contributed by atoms with van der Waals surface area (Å²) in [4.78, 5) is 23.1. The van der Waals surface area contributed by atoms with Gasteiger partial charge in [-0.1, -0.05) is 50.2 Å². The molecule has 0 radical (unpaired) electrons. The van der Waals surface area contributed by atoms with Crippen molar-refractivity contribution in [2.45, 2.75) is 38.8 Å². The van der Waals surface area contributed by atoms with Crippen molar-refractivity contribution < 1.29 is 14.7 Å². The molecule has 2 aromatic rings. The third kappa shape index (κ3) is 5.43. The number of nitrogens with two attached hydrogens (primary N) is 1. The molecule has 0 bridgehead atoms. The van der Waals surface area contributed by atoms with E-state index in [1.54, 1.807) is 6.07 Å². The maximum atomic E-state index is 12.3. The minimum absolute atomic E-state index is 0.112. The summed E-state index contributed by atoms with van der Waals surface area (Å²) in [7, 11) is 0. The Morgan fingerprint density at radius 3 is 2.32 bits per heavy atom. The lowest BCUT2D eigenvalue weighted by Crippen LogP contribution is -2.32. The quantitative estimate of drug-likeness (QED) is 0.722. The second-order valence-corrected chi connectivity index (χ2v) is 6.43. The molecular weight excluding hydrogens is 316 g/mol. The average molecular weight is 340 g/mol. The molecule has 5 heteroatoms. The topological polar surface area (TPSA) is 92.4 Å². The summed E-state index contributed by atoms with van der Waals surface area (Å²) in [6.07, 6.45) is 0.282. The molecule has 5 nitrogen and oxygen atoms in total. The predicted octanol–water partition coefficient (Wildman–Crippen LogP) is 2.69. The number of carbonyl (C=O) groups is 2. The Kier molecular flexibility index (Phi) is 6.31. The molecule has 0 saturated carbocycles. The van der Waals surface area contributed by atoms with Gasteiger partial charge in [0.25, 0.3) is 5.91 Å². The summed E-state index contributed by atoms with van der Waals surface area (Å²) in [5.41, 5.74) is 9.11. The first-order valence-corrected chi connectivity index (χ1v) is 8.31. The van der Waals surface area contributed by atoms with E-state index < -0.39 is 12.0 Å². The highest BCUT2D eigenvalue weighted by atomic mass is 16.4. The van der Waals surface area contributed by atoms with Crippen molar-refractivity contribution >= 4 is 11.9 Å². The van der Waals surface area contributed by atoms with Crippen molar-refractivity contribution in [3.8, 4) is 0 Å². The third-order valence-corrected chi connectivity index (χ3v) is 4.06. The zero-order valence-electron chi connectivity index (χ0n) is 14.5. The number of hydrogen-bond acceptors (Lipinski definition) is 3. The Hall–Kier alpha value is -2.66. The van der Waals surface area contributed by atoms with Crippen LogP contribution in [0.2, 0.25) is 0 Å². The number of carbonyl (C=O) groups excluding carboxylic acids is 1. The van der Waals surface area contributed by atoms with Crippen LogP contribution in [0.15, 0.2) is 48.5 Å². The molecule has 0 aliphatic rings. The van der Waals surface area contributed by atoms with Crippen LogP contribution in [-0.2, 0) is 17.8 Å². The maximum Gasteiger partial charge on any atom is 0.320 e. The van der Waals surface area contributed by atoms with Gasteiger partial charge in [-0.3, -0.25) is 9.59 Å². The van der Waals surface area contributed by atoms with Crippen molar-refractivity contribution in [1.29, 1.82) is 0 Å². The van der Waals surface area contributed by atoms with Gasteiger partial charge in [0.15, 0.2) is 0 Å². The van der Waals surface area contributed by atoms with E-state index in [9.17, 15) is 9.59 Å². The summed E-state index contributed by atoms with van der Waals surface area (Å²) >= 11 is 0. The largest absolute Gasteiger partial charge is 0.480 e. The molecule has 4 N–H and O–H groups in total. The van der Waals surface area contributed by atoms with Crippen molar-refractivity contribution in [2.24, 2.45) is 5.73 Å². The Balaban J connectivity index is 1.93. The third-order valence-electron chi connectivity index (χ3n) is 4.06. The number of rotatable bonds is 7. The minimum Gasteiger partial charge on any atom is -0.480 e. The molecule has 0 aliphatic heterocycles. The van der Waals surface area contributed by atoms with Gasteiger partial charge in [0.1, 0.15) is 6.04 Å². The first-order chi connectivity index (χ1) is 11.9. The normalized spacial score (nSPS) is 12.0. The van der Waals surface area contributed by atoms with Gasteiger partial charge in [0.05, 0.1) is 0 Å². The standard InChI is InChI=1S/C20H24N2O3/c1-13(2)16-4-3-5-17(11-16)19(23)22-12-15-8-6-14(7-9-15)10-18(21)20(24)25/h3-9,11,13,18H,10,12,21H2,1-2H3,(H,22,23)(H,24,25). The van der Waals surface area contributed by atoms with Gasteiger partial charge in [0.2, 0.25) is 0 Å². The average Bonchev–Trinajstić information content (AvgIpc) is 2.60. The molecule has 0 spiro atoms. The van der Waals surface area contributed by atoms with Gasteiger partial charge in [-0.05, 0) is 41.2 Å². The molecule has 0 aliphatic carbocycles. The lowest BCUT2D eigenvalue weighted by molar-refractivity contribution is -0.138. The van der Waals surface area contributed by atoms with Crippen LogP contribution in [-0.4, -0.2) is 23.0 Å². The molecule has 0 aromatic heterocycles. The van der Waals surface area contributed by atoms with E-state index in [1.165, 1.54) is 0 Å². The lowest BCUT2D eigenvalue weighted by atomic mass is 10.0. The fourth-order valence-corrected chi connectivity index (χ4v) is 2.46. The SMILES string of the molecule is CC(C)c1cccc(C(=O)NCc2ccc(CC(N)C(=O)O)cc2)c1. The Morgan fingerprint density at radius 2 is 1.72 bits per heavy atom. The van der Waals surface area contributed by atoms with Crippen LogP contribution in [0.3, 0.4) is 0 Å². The van der Waals surface area contributed by atoms with Gasteiger partial charge in [-0.25, -0.2) is 0 Å². The van der Waals surface area contributed by atoms with Gasteiger partial charge in [-0.2, -0.15) is 0 Å². The molecule has 0 saturated heterocycles. The first-order valence-electron chi connectivity index (χ1n) is 8.31. The van der Waals surface area contributed by atoms with Crippen LogP contribution in [0.25, 0.3) is 0 Å². The molecule has 25 heavy (non-hydrogen) atoms.